The van der Waals surface area contributed by atoms with E-state index in [1.165, 1.54) is 47.2 Å². The van der Waals surface area contributed by atoms with Crippen LogP contribution in [0.5, 0.6) is 0 Å². The maximum absolute atomic E-state index is 12.2. The number of rotatable bonds is 4. The average molecular weight is 383 g/mol. The van der Waals surface area contributed by atoms with Gasteiger partial charge < -0.3 is 14.2 Å². The molecule has 2 amide bonds. The van der Waals surface area contributed by atoms with Gasteiger partial charge in [-0.25, -0.2) is 9.59 Å². The molecule has 1 rings (SSSR count). The van der Waals surface area contributed by atoms with Gasteiger partial charge in [-0.3, -0.25) is 14.6 Å². The highest BCUT2D eigenvalue weighted by Gasteiger charge is 2.50. The minimum absolute atomic E-state index is 0.635. The lowest BCUT2D eigenvalue weighted by atomic mass is 9.88. The lowest BCUT2D eigenvalue weighted by molar-refractivity contribution is -0.156. The number of ether oxygens (including phenoxy) is 3. The fourth-order valence-corrected chi connectivity index (χ4v) is 2.38. The zero-order valence-corrected chi connectivity index (χ0v) is 15.5. The van der Waals surface area contributed by atoms with E-state index in [2.05, 4.69) is 0 Å². The number of hydrogen-bond donors (Lipinski definition) is 0. The monoisotopic (exact) mass is 382 g/mol. The summed E-state index contributed by atoms with van der Waals surface area (Å²) in [6, 6.07) is 0. The van der Waals surface area contributed by atoms with Crippen LogP contribution in [0.4, 0.5) is 9.59 Å². The van der Waals surface area contributed by atoms with E-state index < -0.39 is 40.9 Å². The molecule has 0 spiro atoms. The van der Waals surface area contributed by atoms with Crippen molar-refractivity contribution in [3.63, 3.8) is 0 Å². The first-order chi connectivity index (χ1) is 11.0. The van der Waals surface area contributed by atoms with Crippen molar-refractivity contribution < 1.29 is 28.6 Å². The normalized spacial score (nSPS) is 19.7. The zero-order valence-electron chi connectivity index (χ0n) is 14.0. The summed E-state index contributed by atoms with van der Waals surface area (Å²) in [5.41, 5.74) is -3.07. The van der Waals surface area contributed by atoms with Gasteiger partial charge in [-0.2, -0.15) is 0 Å². The first-order valence-electron chi connectivity index (χ1n) is 7.05. The molecule has 0 N–H and O–H groups in total. The number of amides is 2. The molecule has 0 fully saturated rings. The van der Waals surface area contributed by atoms with E-state index in [9.17, 15) is 14.4 Å². The Kier molecular flexibility index (Phi) is 6.74. The number of alkyl halides is 2. The molecule has 0 aromatic rings. The number of carbonyl (C=O) groups excluding carboxylic acids is 3. The fraction of sp³-hybridized carbons (Fsp3) is 0.643. The molecule has 2 unspecified atom stereocenters. The predicted molar refractivity (Wildman–Crippen MR) is 86.0 cm³/mol. The first-order valence-corrected chi connectivity index (χ1v) is 7.92. The Morgan fingerprint density at radius 3 is 1.67 bits per heavy atom. The van der Waals surface area contributed by atoms with E-state index in [-0.39, 0.29) is 0 Å². The van der Waals surface area contributed by atoms with Crippen LogP contribution in [0.2, 0.25) is 0 Å². The number of carbonyl (C=O) groups is 3. The third-order valence-electron chi connectivity index (χ3n) is 3.22. The van der Waals surface area contributed by atoms with Gasteiger partial charge in [0.05, 0.1) is 7.11 Å². The molecule has 1 aliphatic heterocycles. The van der Waals surface area contributed by atoms with E-state index in [0.717, 1.165) is 9.80 Å². The van der Waals surface area contributed by atoms with Crippen LogP contribution in [0.1, 0.15) is 27.7 Å². The van der Waals surface area contributed by atoms with Gasteiger partial charge >= 0.3 is 18.2 Å². The molecule has 0 aliphatic carbocycles. The maximum Gasteiger partial charge on any atom is 0.417 e. The van der Waals surface area contributed by atoms with Crippen molar-refractivity contribution in [1.29, 1.82) is 0 Å². The second kappa shape index (κ2) is 7.94. The smallest absolute Gasteiger partial charge is 0.417 e. The summed E-state index contributed by atoms with van der Waals surface area (Å²) in [6.45, 7) is 5.96. The molecular formula is C14H20Cl2N2O6. The second-order valence-corrected chi connectivity index (χ2v) is 6.78. The molecule has 0 bridgehead atoms. The standard InChI is InChI=1S/C14H20Cl2N2O6/c1-8(15)23-12(20)17-6-7-18(13(21)24-9(2)16)10(17)14(3,4)11(19)22-5/h6-10H,1-5H3. The number of nitrogens with zero attached hydrogens (tertiary/aromatic N) is 2. The van der Waals surface area contributed by atoms with Crippen molar-refractivity contribution in [2.75, 3.05) is 7.11 Å². The second-order valence-electron chi connectivity index (χ2n) is 5.55. The Morgan fingerprint density at radius 2 is 1.38 bits per heavy atom. The highest BCUT2D eigenvalue weighted by atomic mass is 35.5. The average Bonchev–Trinajstić information content (AvgIpc) is 2.90. The lowest BCUT2D eigenvalue weighted by Gasteiger charge is -2.38. The van der Waals surface area contributed by atoms with Crippen LogP contribution < -0.4 is 0 Å². The molecule has 0 radical (unpaired) electrons. The molecule has 0 aromatic heterocycles. The first kappa shape index (κ1) is 20.4. The Morgan fingerprint density at radius 1 is 1.00 bits per heavy atom. The van der Waals surface area contributed by atoms with E-state index in [1.807, 2.05) is 0 Å². The summed E-state index contributed by atoms with van der Waals surface area (Å²) in [5.74, 6) is -0.635. The van der Waals surface area contributed by atoms with Gasteiger partial charge in [0, 0.05) is 12.4 Å². The van der Waals surface area contributed by atoms with E-state index >= 15 is 0 Å². The molecule has 10 heteroatoms. The fourth-order valence-electron chi connectivity index (χ4n) is 2.23. The van der Waals surface area contributed by atoms with Crippen LogP contribution in [0.3, 0.4) is 0 Å². The lowest BCUT2D eigenvalue weighted by Crippen LogP contribution is -2.56. The minimum atomic E-state index is -1.29. The number of halogens is 2. The summed E-state index contributed by atoms with van der Waals surface area (Å²) in [4.78, 5) is 38.7. The molecule has 1 aliphatic rings. The predicted octanol–water partition coefficient (Wildman–Crippen LogP) is 3.04. The summed E-state index contributed by atoms with van der Waals surface area (Å²) in [6.07, 6.45) is -0.153. The van der Waals surface area contributed by atoms with E-state index in [4.69, 9.17) is 37.4 Å². The van der Waals surface area contributed by atoms with Crippen molar-refractivity contribution in [3.05, 3.63) is 12.4 Å². The molecule has 8 nitrogen and oxygen atoms in total. The Balaban J connectivity index is 3.18. The Bertz CT molecular complexity index is 503. The molecular weight excluding hydrogens is 363 g/mol. The topological polar surface area (TPSA) is 85.4 Å². The van der Waals surface area contributed by atoms with E-state index in [0.29, 0.717) is 0 Å². The van der Waals surface area contributed by atoms with Crippen molar-refractivity contribution in [2.45, 2.75) is 45.0 Å². The highest BCUT2D eigenvalue weighted by molar-refractivity contribution is 6.20. The highest BCUT2D eigenvalue weighted by Crippen LogP contribution is 2.35. The third-order valence-corrected chi connectivity index (χ3v) is 3.40. The van der Waals surface area contributed by atoms with Crippen molar-refractivity contribution >= 4 is 41.4 Å². The summed E-state index contributed by atoms with van der Waals surface area (Å²) in [7, 11) is 1.21. The Hall–Kier alpha value is -1.67. The van der Waals surface area contributed by atoms with Crippen molar-refractivity contribution in [1.82, 2.24) is 9.80 Å². The van der Waals surface area contributed by atoms with Crippen LogP contribution in [-0.2, 0) is 19.0 Å². The van der Waals surface area contributed by atoms with Gasteiger partial charge in [0.2, 0.25) is 0 Å². The molecule has 0 saturated carbocycles. The minimum Gasteiger partial charge on any atom is -0.468 e. The molecule has 2 atom stereocenters. The van der Waals surface area contributed by atoms with Crippen LogP contribution >= 0.6 is 23.2 Å². The van der Waals surface area contributed by atoms with Crippen LogP contribution in [0.25, 0.3) is 0 Å². The molecule has 0 saturated heterocycles. The Labute approximate surface area is 150 Å². The van der Waals surface area contributed by atoms with Gasteiger partial charge in [-0.1, -0.05) is 23.2 Å². The maximum atomic E-state index is 12.2. The SMILES string of the molecule is COC(=O)C(C)(C)C1N(C(=O)OC(C)Cl)C=CN1C(=O)OC(C)Cl. The van der Waals surface area contributed by atoms with Gasteiger partial charge in [0.1, 0.15) is 11.6 Å². The third kappa shape index (κ3) is 4.45. The molecule has 1 heterocycles. The molecule has 0 aromatic carbocycles. The quantitative estimate of drug-likeness (QED) is 0.422. The van der Waals surface area contributed by atoms with Gasteiger partial charge in [0.15, 0.2) is 11.1 Å². The summed E-state index contributed by atoms with van der Waals surface area (Å²) < 4.78 is 14.6. The van der Waals surface area contributed by atoms with Crippen LogP contribution in [-0.4, -0.2) is 52.4 Å². The van der Waals surface area contributed by atoms with Gasteiger partial charge in [-0.05, 0) is 27.7 Å². The number of methoxy groups -OCH3 is 1. The number of esters is 1. The van der Waals surface area contributed by atoms with Crippen molar-refractivity contribution in [3.8, 4) is 0 Å². The van der Waals surface area contributed by atoms with Crippen LogP contribution in [0, 0.1) is 5.41 Å². The zero-order chi connectivity index (χ0) is 18.7. The largest absolute Gasteiger partial charge is 0.468 e. The van der Waals surface area contributed by atoms with E-state index in [1.54, 1.807) is 0 Å². The van der Waals surface area contributed by atoms with Crippen LogP contribution in [0.15, 0.2) is 12.4 Å². The van der Waals surface area contributed by atoms with Gasteiger partial charge in [-0.15, -0.1) is 0 Å². The summed E-state index contributed by atoms with van der Waals surface area (Å²) >= 11 is 11.3. The van der Waals surface area contributed by atoms with Crippen molar-refractivity contribution in [2.24, 2.45) is 5.41 Å². The molecule has 24 heavy (non-hydrogen) atoms. The summed E-state index contributed by atoms with van der Waals surface area (Å²) in [5, 5.41) is 0. The molecule has 136 valence electrons. The van der Waals surface area contributed by atoms with Gasteiger partial charge in [0.25, 0.3) is 0 Å². The number of hydrogen-bond acceptors (Lipinski definition) is 6.